The Bertz CT molecular complexity index is 734. The molecule has 0 unspecified atom stereocenters. The fraction of sp³-hybridized carbons (Fsp3) is 0.333. The maximum atomic E-state index is 5.82. The average Bonchev–Trinajstić information content (AvgIpc) is 2.62. The van der Waals surface area contributed by atoms with E-state index < -0.39 is 0 Å². The van der Waals surface area contributed by atoms with Gasteiger partial charge in [0, 0.05) is 17.8 Å². The molecule has 1 aliphatic heterocycles. The number of para-hydroxylation sites is 4. The number of nitrogens with zero attached hydrogens (tertiary/aromatic N) is 2. The first-order valence-electron chi connectivity index (χ1n) is 8.82. The first-order chi connectivity index (χ1) is 12.7. The minimum absolute atomic E-state index is 0.475. The summed E-state index contributed by atoms with van der Waals surface area (Å²) in [5.74, 6) is 1.53. The molecule has 0 saturated heterocycles. The Morgan fingerprint density at radius 3 is 1.62 bits per heavy atom. The van der Waals surface area contributed by atoms with E-state index in [4.69, 9.17) is 24.2 Å². The predicted octanol–water partition coefficient (Wildman–Crippen LogP) is 4.75. The molecule has 136 valence electrons. The summed E-state index contributed by atoms with van der Waals surface area (Å²) in [5, 5.41) is 0. The lowest BCUT2D eigenvalue weighted by Gasteiger charge is -2.12. The van der Waals surface area contributed by atoms with E-state index in [9.17, 15) is 0 Å². The van der Waals surface area contributed by atoms with Crippen molar-refractivity contribution in [3.05, 3.63) is 48.5 Å². The van der Waals surface area contributed by atoms with Gasteiger partial charge in [0.15, 0.2) is 0 Å². The van der Waals surface area contributed by atoms with Gasteiger partial charge in [-0.05, 0) is 38.1 Å². The van der Waals surface area contributed by atoms with Gasteiger partial charge in [0.05, 0.1) is 13.2 Å². The van der Waals surface area contributed by atoms with Gasteiger partial charge in [0.2, 0.25) is 0 Å². The lowest BCUT2D eigenvalue weighted by atomic mass is 10.2. The third-order valence-corrected chi connectivity index (χ3v) is 3.84. The first kappa shape index (κ1) is 18.1. The lowest BCUT2D eigenvalue weighted by molar-refractivity contribution is 0.0767. The van der Waals surface area contributed by atoms with E-state index >= 15 is 0 Å². The van der Waals surface area contributed by atoms with Gasteiger partial charge in [0.25, 0.3) is 0 Å². The van der Waals surface area contributed by atoms with E-state index in [2.05, 4.69) is 0 Å². The second kappa shape index (κ2) is 9.15. The monoisotopic (exact) mass is 352 g/mol. The molecule has 0 radical (unpaired) electrons. The Kier molecular flexibility index (Phi) is 6.39. The highest BCUT2D eigenvalue weighted by Gasteiger charge is 2.06. The molecule has 1 heterocycles. The highest BCUT2D eigenvalue weighted by atomic mass is 16.5. The van der Waals surface area contributed by atoms with Gasteiger partial charge in [-0.3, -0.25) is 9.98 Å². The third-order valence-electron chi connectivity index (χ3n) is 3.84. The van der Waals surface area contributed by atoms with E-state index in [1.807, 2.05) is 62.4 Å². The van der Waals surface area contributed by atoms with Crippen LogP contribution in [0.4, 0.5) is 11.4 Å². The van der Waals surface area contributed by atoms with Gasteiger partial charge in [0.1, 0.15) is 36.1 Å². The fourth-order valence-corrected chi connectivity index (χ4v) is 2.73. The smallest absolute Gasteiger partial charge is 0.145 e. The highest BCUT2D eigenvalue weighted by Crippen LogP contribution is 2.29. The molecule has 0 aromatic heterocycles. The van der Waals surface area contributed by atoms with Gasteiger partial charge in [-0.15, -0.1) is 0 Å². The largest absolute Gasteiger partial charge is 0.489 e. The highest BCUT2D eigenvalue weighted by molar-refractivity contribution is 6.04. The van der Waals surface area contributed by atoms with Crippen LogP contribution in [0.5, 0.6) is 11.5 Å². The summed E-state index contributed by atoms with van der Waals surface area (Å²) < 4.78 is 17.2. The topological polar surface area (TPSA) is 52.4 Å². The molecule has 5 heteroatoms. The van der Waals surface area contributed by atoms with Gasteiger partial charge >= 0.3 is 0 Å². The maximum Gasteiger partial charge on any atom is 0.145 e. The van der Waals surface area contributed by atoms with Crippen LogP contribution >= 0.6 is 0 Å². The Balaban J connectivity index is 1.88. The molecular formula is C21H24N2O3. The number of hydrogen-bond acceptors (Lipinski definition) is 5. The van der Waals surface area contributed by atoms with E-state index in [0.717, 1.165) is 34.3 Å². The number of hydrogen-bond donors (Lipinski definition) is 0. The SMILES string of the molecule is CC1=Nc2ccccc2OCCOCCOc2ccccc2N=C(C)C1. The Labute approximate surface area is 154 Å². The molecule has 2 aromatic rings. The van der Waals surface area contributed by atoms with Crippen LogP contribution in [0.1, 0.15) is 20.3 Å². The molecule has 0 amide bonds. The zero-order chi connectivity index (χ0) is 18.2. The van der Waals surface area contributed by atoms with Crippen molar-refractivity contribution in [2.75, 3.05) is 26.4 Å². The molecule has 0 spiro atoms. The summed E-state index contributed by atoms with van der Waals surface area (Å²) in [6.45, 7) is 5.96. The molecule has 0 aliphatic carbocycles. The van der Waals surface area contributed by atoms with Crippen LogP contribution in [-0.4, -0.2) is 37.9 Å². The molecule has 3 rings (SSSR count). The third kappa shape index (κ3) is 5.17. The second-order valence-electron chi connectivity index (χ2n) is 6.12. The molecular weight excluding hydrogens is 328 g/mol. The summed E-state index contributed by atoms with van der Waals surface area (Å²) in [5.41, 5.74) is 3.61. The van der Waals surface area contributed by atoms with Gasteiger partial charge < -0.3 is 14.2 Å². The van der Waals surface area contributed by atoms with E-state index in [-0.39, 0.29) is 0 Å². The number of fused-ring (bicyclic) bond motifs is 2. The molecule has 0 N–H and O–H groups in total. The molecule has 0 fully saturated rings. The van der Waals surface area contributed by atoms with Crippen LogP contribution in [0.2, 0.25) is 0 Å². The molecule has 2 aromatic carbocycles. The van der Waals surface area contributed by atoms with Crippen molar-refractivity contribution in [3.63, 3.8) is 0 Å². The van der Waals surface area contributed by atoms with E-state index in [0.29, 0.717) is 32.8 Å². The van der Waals surface area contributed by atoms with E-state index in [1.165, 1.54) is 0 Å². The second-order valence-corrected chi connectivity index (χ2v) is 6.12. The normalized spacial score (nSPS) is 16.2. The summed E-state index contributed by atoms with van der Waals surface area (Å²) >= 11 is 0. The standard InChI is InChI=1S/C21H24N2O3/c1-16-15-17(2)23-19-8-4-6-10-21(19)26-14-12-24-11-13-25-20-9-5-3-7-18(20)22-16/h3-10H,11-15H2,1-2H3. The van der Waals surface area contributed by atoms with Crippen LogP contribution in [0.25, 0.3) is 0 Å². The molecule has 1 aliphatic rings. The fourth-order valence-electron chi connectivity index (χ4n) is 2.73. The van der Waals surface area contributed by atoms with Crippen molar-refractivity contribution in [2.45, 2.75) is 20.3 Å². The lowest BCUT2D eigenvalue weighted by Crippen LogP contribution is -2.12. The summed E-state index contributed by atoms with van der Waals surface area (Å²) in [4.78, 5) is 9.43. The molecule has 0 atom stereocenters. The van der Waals surface area contributed by atoms with Gasteiger partial charge in [-0.2, -0.15) is 0 Å². The molecule has 5 nitrogen and oxygen atoms in total. The summed E-state index contributed by atoms with van der Waals surface area (Å²) in [6, 6.07) is 15.6. The van der Waals surface area contributed by atoms with Crippen LogP contribution < -0.4 is 9.47 Å². The van der Waals surface area contributed by atoms with Crippen molar-refractivity contribution in [1.82, 2.24) is 0 Å². The first-order valence-corrected chi connectivity index (χ1v) is 8.82. The molecule has 0 bridgehead atoms. The quantitative estimate of drug-likeness (QED) is 0.687. The molecule has 26 heavy (non-hydrogen) atoms. The number of rotatable bonds is 0. The Morgan fingerprint density at radius 1 is 0.654 bits per heavy atom. The zero-order valence-electron chi connectivity index (χ0n) is 15.3. The van der Waals surface area contributed by atoms with Crippen molar-refractivity contribution < 1.29 is 14.2 Å². The van der Waals surface area contributed by atoms with Crippen LogP contribution in [0.15, 0.2) is 58.5 Å². The van der Waals surface area contributed by atoms with Crippen molar-refractivity contribution in [2.24, 2.45) is 9.98 Å². The van der Waals surface area contributed by atoms with Gasteiger partial charge in [-0.25, -0.2) is 0 Å². The minimum Gasteiger partial charge on any atom is -0.489 e. The van der Waals surface area contributed by atoms with Crippen molar-refractivity contribution >= 4 is 22.8 Å². The van der Waals surface area contributed by atoms with Crippen molar-refractivity contribution in [1.29, 1.82) is 0 Å². The van der Waals surface area contributed by atoms with Gasteiger partial charge in [-0.1, -0.05) is 24.3 Å². The summed E-state index contributed by atoms with van der Waals surface area (Å²) in [6.07, 6.45) is 0.686. The van der Waals surface area contributed by atoms with Crippen molar-refractivity contribution in [3.8, 4) is 11.5 Å². The van der Waals surface area contributed by atoms with E-state index in [1.54, 1.807) is 0 Å². The average molecular weight is 352 g/mol. The van der Waals surface area contributed by atoms with Crippen LogP contribution in [-0.2, 0) is 4.74 Å². The summed E-state index contributed by atoms with van der Waals surface area (Å²) in [7, 11) is 0. The number of ether oxygens (including phenoxy) is 3. The Morgan fingerprint density at radius 2 is 1.12 bits per heavy atom. The zero-order valence-corrected chi connectivity index (χ0v) is 15.3. The minimum atomic E-state index is 0.475. The predicted molar refractivity (Wildman–Crippen MR) is 105 cm³/mol. The number of benzene rings is 2. The Hall–Kier alpha value is -2.66. The van der Waals surface area contributed by atoms with Crippen LogP contribution in [0, 0.1) is 0 Å². The maximum absolute atomic E-state index is 5.82. The number of aliphatic imine (C=N–C) groups is 2. The molecule has 0 saturated carbocycles. The van der Waals surface area contributed by atoms with Crippen LogP contribution in [0.3, 0.4) is 0 Å².